The first-order valence-corrected chi connectivity index (χ1v) is 8.96. The molecule has 1 aromatic heterocycles. The molecule has 1 aromatic carbocycles. The number of methoxy groups -OCH3 is 1. The topological polar surface area (TPSA) is 87.7 Å². The van der Waals surface area contributed by atoms with Gasteiger partial charge in [-0.15, -0.1) is 11.3 Å². The second kappa shape index (κ2) is 7.57. The monoisotopic (exact) mass is 373 g/mol. The van der Waals surface area contributed by atoms with Gasteiger partial charge in [0.25, 0.3) is 5.91 Å². The highest BCUT2D eigenvalue weighted by Gasteiger charge is 2.36. The summed E-state index contributed by atoms with van der Waals surface area (Å²) in [6.45, 7) is 2.16. The normalized spacial score (nSPS) is 16.5. The third kappa shape index (κ3) is 3.70. The van der Waals surface area contributed by atoms with Crippen molar-refractivity contribution in [2.45, 2.75) is 13.3 Å². The predicted molar refractivity (Wildman–Crippen MR) is 98.1 cm³/mol. The summed E-state index contributed by atoms with van der Waals surface area (Å²) in [5, 5.41) is 1.78. The van der Waals surface area contributed by atoms with Crippen LogP contribution in [0.5, 0.6) is 5.75 Å². The fraction of sp³-hybridized carbons (Fsp3) is 0.278. The predicted octanol–water partition coefficient (Wildman–Crippen LogP) is 1.88. The number of amides is 3. The van der Waals surface area contributed by atoms with Gasteiger partial charge in [0.1, 0.15) is 5.75 Å². The summed E-state index contributed by atoms with van der Waals surface area (Å²) in [7, 11) is 1.54. The van der Waals surface area contributed by atoms with Crippen molar-refractivity contribution in [3.63, 3.8) is 0 Å². The van der Waals surface area contributed by atoms with Crippen LogP contribution in [0.2, 0.25) is 0 Å². The molecular formula is C18H19N3O4S. The average molecular weight is 373 g/mol. The van der Waals surface area contributed by atoms with Crippen molar-refractivity contribution in [3.05, 3.63) is 46.2 Å². The van der Waals surface area contributed by atoms with Crippen molar-refractivity contribution < 1.29 is 19.1 Å². The first-order chi connectivity index (χ1) is 12.5. The van der Waals surface area contributed by atoms with Gasteiger partial charge in [0.05, 0.1) is 23.6 Å². The van der Waals surface area contributed by atoms with Crippen LogP contribution in [0.3, 0.4) is 0 Å². The van der Waals surface area contributed by atoms with Crippen molar-refractivity contribution in [3.8, 4) is 5.75 Å². The zero-order valence-corrected chi connectivity index (χ0v) is 15.3. The number of thiophene rings is 1. The lowest BCUT2D eigenvalue weighted by Gasteiger charge is -2.20. The van der Waals surface area contributed by atoms with Crippen molar-refractivity contribution in [2.24, 2.45) is 5.92 Å². The minimum Gasteiger partial charge on any atom is -0.495 e. The molecule has 3 rings (SSSR count). The number of carbonyl (C=O) groups is 3. The van der Waals surface area contributed by atoms with Crippen molar-refractivity contribution in [1.29, 1.82) is 0 Å². The largest absolute Gasteiger partial charge is 0.495 e. The molecule has 8 heteroatoms. The van der Waals surface area contributed by atoms with E-state index in [4.69, 9.17) is 4.74 Å². The molecule has 2 N–H and O–H groups in total. The van der Waals surface area contributed by atoms with E-state index in [0.717, 1.165) is 5.56 Å². The van der Waals surface area contributed by atoms with Crippen molar-refractivity contribution >= 4 is 34.7 Å². The van der Waals surface area contributed by atoms with Crippen LogP contribution in [0.4, 0.5) is 5.69 Å². The standard InChI is InChI=1S/C18H19N3O4S/c1-11-5-6-14(25-2)13(8-11)21-10-12(9-16(21)22)17(23)19-20-18(24)15-4-3-7-26-15/h3-8,12H,9-10H2,1-2H3,(H,19,23)(H,20,24)/t12-/m0/s1. The van der Waals surface area contributed by atoms with Gasteiger partial charge in [-0.2, -0.15) is 0 Å². The Morgan fingerprint density at radius 3 is 2.77 bits per heavy atom. The molecule has 0 radical (unpaired) electrons. The molecule has 2 aromatic rings. The average Bonchev–Trinajstić information content (AvgIpc) is 3.29. The smallest absolute Gasteiger partial charge is 0.279 e. The fourth-order valence-corrected chi connectivity index (χ4v) is 3.44. The van der Waals surface area contributed by atoms with Gasteiger partial charge < -0.3 is 9.64 Å². The van der Waals surface area contributed by atoms with Crippen LogP contribution in [0.25, 0.3) is 0 Å². The Labute approximate surface area is 154 Å². The maximum atomic E-state index is 12.4. The van der Waals surface area contributed by atoms with Gasteiger partial charge in [0.2, 0.25) is 11.8 Å². The number of anilines is 1. The summed E-state index contributed by atoms with van der Waals surface area (Å²) >= 11 is 1.28. The SMILES string of the molecule is COc1ccc(C)cc1N1C[C@@H](C(=O)NNC(=O)c2cccs2)CC1=O. The van der Waals surface area contributed by atoms with E-state index in [0.29, 0.717) is 16.3 Å². The Balaban J connectivity index is 1.65. The minimum absolute atomic E-state index is 0.0812. The summed E-state index contributed by atoms with van der Waals surface area (Å²) < 4.78 is 5.33. The second-order valence-electron chi connectivity index (χ2n) is 6.00. The first-order valence-electron chi connectivity index (χ1n) is 8.08. The zero-order chi connectivity index (χ0) is 18.7. The summed E-state index contributed by atoms with van der Waals surface area (Å²) in [5.74, 6) is -0.891. The van der Waals surface area contributed by atoms with Gasteiger partial charge in [-0.3, -0.25) is 25.2 Å². The molecule has 2 heterocycles. The Morgan fingerprint density at radius 2 is 2.08 bits per heavy atom. The number of ether oxygens (including phenoxy) is 1. The van der Waals surface area contributed by atoms with E-state index in [-0.39, 0.29) is 24.8 Å². The van der Waals surface area contributed by atoms with Gasteiger partial charge in [-0.05, 0) is 36.1 Å². The van der Waals surface area contributed by atoms with Crippen LogP contribution < -0.4 is 20.5 Å². The third-order valence-electron chi connectivity index (χ3n) is 4.17. The number of hydrogen-bond acceptors (Lipinski definition) is 5. The second-order valence-corrected chi connectivity index (χ2v) is 6.95. The summed E-state index contributed by atoms with van der Waals surface area (Å²) in [4.78, 5) is 38.7. The molecule has 1 aliphatic rings. The molecule has 7 nitrogen and oxygen atoms in total. The number of hydrogen-bond donors (Lipinski definition) is 2. The van der Waals surface area contributed by atoms with E-state index in [1.165, 1.54) is 11.3 Å². The Morgan fingerprint density at radius 1 is 1.27 bits per heavy atom. The van der Waals surface area contributed by atoms with Crippen molar-refractivity contribution in [1.82, 2.24) is 10.9 Å². The number of carbonyl (C=O) groups excluding carboxylic acids is 3. The van der Waals surface area contributed by atoms with Crippen molar-refractivity contribution in [2.75, 3.05) is 18.6 Å². The van der Waals surface area contributed by atoms with Gasteiger partial charge in [0.15, 0.2) is 0 Å². The Kier molecular flexibility index (Phi) is 5.22. The molecule has 136 valence electrons. The van der Waals surface area contributed by atoms with Crippen LogP contribution in [-0.2, 0) is 9.59 Å². The molecule has 3 amide bonds. The fourth-order valence-electron chi connectivity index (χ4n) is 2.82. The summed E-state index contributed by atoms with van der Waals surface area (Å²) in [6.07, 6.45) is 0.0812. The third-order valence-corrected chi connectivity index (χ3v) is 5.03. The van der Waals surface area contributed by atoms with Crippen LogP contribution in [0, 0.1) is 12.8 Å². The van der Waals surface area contributed by atoms with E-state index in [1.54, 1.807) is 35.6 Å². The van der Waals surface area contributed by atoms with Crippen LogP contribution in [-0.4, -0.2) is 31.4 Å². The lowest BCUT2D eigenvalue weighted by Crippen LogP contribution is -2.45. The molecule has 0 bridgehead atoms. The highest BCUT2D eigenvalue weighted by atomic mass is 32.1. The highest BCUT2D eigenvalue weighted by Crippen LogP contribution is 2.33. The number of rotatable bonds is 4. The van der Waals surface area contributed by atoms with E-state index >= 15 is 0 Å². The lowest BCUT2D eigenvalue weighted by atomic mass is 10.1. The lowest BCUT2D eigenvalue weighted by molar-refractivity contribution is -0.126. The van der Waals surface area contributed by atoms with E-state index < -0.39 is 11.8 Å². The van der Waals surface area contributed by atoms with Gasteiger partial charge in [-0.25, -0.2) is 0 Å². The Hall–Kier alpha value is -2.87. The number of nitrogens with one attached hydrogen (secondary N) is 2. The number of benzene rings is 1. The maximum Gasteiger partial charge on any atom is 0.279 e. The number of hydrazine groups is 1. The van der Waals surface area contributed by atoms with Gasteiger partial charge in [0, 0.05) is 13.0 Å². The molecule has 0 saturated carbocycles. The minimum atomic E-state index is -0.545. The molecule has 0 unspecified atom stereocenters. The molecule has 1 atom stereocenters. The number of aryl methyl sites for hydroxylation is 1. The quantitative estimate of drug-likeness (QED) is 0.801. The first kappa shape index (κ1) is 17.9. The van der Waals surface area contributed by atoms with Crippen LogP contribution in [0.1, 0.15) is 21.7 Å². The molecule has 1 aliphatic heterocycles. The van der Waals surface area contributed by atoms with E-state index in [2.05, 4.69) is 10.9 Å². The van der Waals surface area contributed by atoms with E-state index in [9.17, 15) is 14.4 Å². The summed E-state index contributed by atoms with van der Waals surface area (Å²) in [6, 6.07) is 8.97. The van der Waals surface area contributed by atoms with Gasteiger partial charge in [-0.1, -0.05) is 12.1 Å². The van der Waals surface area contributed by atoms with E-state index in [1.807, 2.05) is 19.1 Å². The molecule has 0 aliphatic carbocycles. The molecule has 1 saturated heterocycles. The molecule has 0 spiro atoms. The zero-order valence-electron chi connectivity index (χ0n) is 14.4. The van der Waals surface area contributed by atoms with Crippen LogP contribution >= 0.6 is 11.3 Å². The van der Waals surface area contributed by atoms with Gasteiger partial charge >= 0.3 is 0 Å². The highest BCUT2D eigenvalue weighted by molar-refractivity contribution is 7.12. The van der Waals surface area contributed by atoms with Crippen LogP contribution in [0.15, 0.2) is 35.7 Å². The molecule has 26 heavy (non-hydrogen) atoms. The maximum absolute atomic E-state index is 12.4. The molecule has 1 fully saturated rings. The number of nitrogens with zero attached hydrogens (tertiary/aromatic N) is 1. The summed E-state index contributed by atoms with van der Waals surface area (Å²) in [5.41, 5.74) is 6.42. The molecular weight excluding hydrogens is 354 g/mol. The Bertz CT molecular complexity index is 835.